The molecule has 4 nitrogen and oxygen atoms in total. The van der Waals surface area contributed by atoms with Crippen LogP contribution in [0.2, 0.25) is 0 Å². The fourth-order valence-electron chi connectivity index (χ4n) is 1.73. The van der Waals surface area contributed by atoms with Crippen molar-refractivity contribution >= 4 is 23.0 Å². The Kier molecular flexibility index (Phi) is 4.94. The number of phenols is 1. The number of methoxy groups -OCH3 is 1. The Hall–Kier alpha value is -2.34. The third-order valence-electron chi connectivity index (χ3n) is 2.80. The zero-order valence-electron chi connectivity index (χ0n) is 11.4. The number of halogens is 1. The Balaban J connectivity index is 1.89. The average molecular weight is 306 g/mol. The lowest BCUT2D eigenvalue weighted by Gasteiger charge is -2.12. The lowest BCUT2D eigenvalue weighted by atomic mass is 10.2. The van der Waals surface area contributed by atoms with Crippen LogP contribution in [0, 0.1) is 5.82 Å². The molecule has 0 saturated heterocycles. The summed E-state index contributed by atoms with van der Waals surface area (Å²) < 4.78 is 17.7. The molecule has 0 radical (unpaired) electrons. The zero-order valence-corrected chi connectivity index (χ0v) is 12.2. The van der Waals surface area contributed by atoms with Crippen LogP contribution < -0.4 is 15.4 Å². The van der Waals surface area contributed by atoms with E-state index in [0.29, 0.717) is 23.1 Å². The quantitative estimate of drug-likeness (QED) is 0.758. The van der Waals surface area contributed by atoms with Gasteiger partial charge in [-0.1, -0.05) is 12.1 Å². The van der Waals surface area contributed by atoms with E-state index in [4.69, 9.17) is 17.0 Å². The minimum atomic E-state index is -0.270. The molecule has 0 aliphatic rings. The van der Waals surface area contributed by atoms with Gasteiger partial charge in [0.2, 0.25) is 0 Å². The van der Waals surface area contributed by atoms with Gasteiger partial charge in [0.1, 0.15) is 5.82 Å². The van der Waals surface area contributed by atoms with Crippen LogP contribution in [0.5, 0.6) is 11.5 Å². The second kappa shape index (κ2) is 6.90. The van der Waals surface area contributed by atoms with Crippen molar-refractivity contribution < 1.29 is 14.2 Å². The summed E-state index contributed by atoms with van der Waals surface area (Å²) in [4.78, 5) is 0. The SMILES string of the molecule is COc1ccc(NC(=S)NCc2ccc(F)cc2)cc1O. The molecule has 6 heteroatoms. The predicted molar refractivity (Wildman–Crippen MR) is 84.1 cm³/mol. The van der Waals surface area contributed by atoms with Crippen LogP contribution in [0.4, 0.5) is 10.1 Å². The highest BCUT2D eigenvalue weighted by molar-refractivity contribution is 7.80. The van der Waals surface area contributed by atoms with E-state index in [0.717, 1.165) is 5.56 Å². The van der Waals surface area contributed by atoms with Gasteiger partial charge in [0.15, 0.2) is 16.6 Å². The highest BCUT2D eigenvalue weighted by Crippen LogP contribution is 2.28. The van der Waals surface area contributed by atoms with Gasteiger partial charge < -0.3 is 20.5 Å². The van der Waals surface area contributed by atoms with Crippen LogP contribution in [0.15, 0.2) is 42.5 Å². The molecule has 0 heterocycles. The van der Waals surface area contributed by atoms with Crippen molar-refractivity contribution in [2.45, 2.75) is 6.54 Å². The van der Waals surface area contributed by atoms with Crippen LogP contribution in [-0.4, -0.2) is 17.3 Å². The van der Waals surface area contributed by atoms with E-state index in [9.17, 15) is 9.50 Å². The van der Waals surface area contributed by atoms with Crippen molar-refractivity contribution in [1.82, 2.24) is 5.32 Å². The Morgan fingerprint density at radius 3 is 2.57 bits per heavy atom. The summed E-state index contributed by atoms with van der Waals surface area (Å²) in [6.45, 7) is 0.480. The Morgan fingerprint density at radius 2 is 1.95 bits per heavy atom. The van der Waals surface area contributed by atoms with E-state index in [1.54, 1.807) is 24.3 Å². The van der Waals surface area contributed by atoms with Crippen molar-refractivity contribution in [1.29, 1.82) is 0 Å². The Morgan fingerprint density at radius 1 is 1.24 bits per heavy atom. The molecule has 2 rings (SSSR count). The normalized spacial score (nSPS) is 10.0. The first-order chi connectivity index (χ1) is 10.1. The van der Waals surface area contributed by atoms with Crippen LogP contribution in [0.25, 0.3) is 0 Å². The van der Waals surface area contributed by atoms with Crippen molar-refractivity contribution in [2.75, 3.05) is 12.4 Å². The van der Waals surface area contributed by atoms with Gasteiger partial charge in [-0.15, -0.1) is 0 Å². The van der Waals surface area contributed by atoms with Gasteiger partial charge in [0.25, 0.3) is 0 Å². The molecule has 0 unspecified atom stereocenters. The summed E-state index contributed by atoms with van der Waals surface area (Å²) in [6.07, 6.45) is 0. The Labute approximate surface area is 127 Å². The molecule has 2 aromatic carbocycles. The molecule has 0 aliphatic heterocycles. The summed E-state index contributed by atoms with van der Waals surface area (Å²) >= 11 is 5.16. The number of anilines is 1. The molecule has 110 valence electrons. The topological polar surface area (TPSA) is 53.5 Å². The Bertz CT molecular complexity index is 632. The maximum atomic E-state index is 12.8. The number of phenolic OH excluding ortho intramolecular Hbond substituents is 1. The van der Waals surface area contributed by atoms with Crippen LogP contribution in [0.3, 0.4) is 0 Å². The van der Waals surface area contributed by atoms with Crippen LogP contribution in [0.1, 0.15) is 5.56 Å². The zero-order chi connectivity index (χ0) is 15.2. The number of ether oxygens (including phenoxy) is 1. The minimum absolute atomic E-state index is 0.0313. The smallest absolute Gasteiger partial charge is 0.171 e. The molecule has 0 atom stereocenters. The van der Waals surface area contributed by atoms with Crippen LogP contribution >= 0.6 is 12.2 Å². The monoisotopic (exact) mass is 306 g/mol. The molecular formula is C15H15FN2O2S. The standard InChI is InChI=1S/C15H15FN2O2S/c1-20-14-7-6-12(8-13(14)19)18-15(21)17-9-10-2-4-11(16)5-3-10/h2-8,19H,9H2,1H3,(H2,17,18,21). The molecule has 0 spiro atoms. The van der Waals surface area contributed by atoms with Crippen molar-refractivity contribution in [2.24, 2.45) is 0 Å². The molecule has 2 aromatic rings. The first-order valence-corrected chi connectivity index (χ1v) is 6.65. The second-order valence-corrected chi connectivity index (χ2v) is 4.73. The summed E-state index contributed by atoms with van der Waals surface area (Å²) in [7, 11) is 1.48. The molecular weight excluding hydrogens is 291 g/mol. The summed E-state index contributed by atoms with van der Waals surface area (Å²) in [5.41, 5.74) is 1.56. The molecule has 0 bridgehead atoms. The molecule has 21 heavy (non-hydrogen) atoms. The van der Waals surface area contributed by atoms with Gasteiger partial charge in [-0.3, -0.25) is 0 Å². The molecule has 0 aliphatic carbocycles. The summed E-state index contributed by atoms with van der Waals surface area (Å²) in [5, 5.41) is 16.0. The lowest BCUT2D eigenvalue weighted by Crippen LogP contribution is -2.27. The predicted octanol–water partition coefficient (Wildman–Crippen LogP) is 3.03. The average Bonchev–Trinajstić information content (AvgIpc) is 2.47. The van der Waals surface area contributed by atoms with Gasteiger partial charge >= 0.3 is 0 Å². The van der Waals surface area contributed by atoms with Crippen LogP contribution in [-0.2, 0) is 6.54 Å². The third kappa shape index (κ3) is 4.32. The highest BCUT2D eigenvalue weighted by Gasteiger charge is 2.04. The fraction of sp³-hybridized carbons (Fsp3) is 0.133. The number of hydrogen-bond acceptors (Lipinski definition) is 3. The van der Waals surface area contributed by atoms with Gasteiger partial charge in [0, 0.05) is 18.3 Å². The van der Waals surface area contributed by atoms with Gasteiger partial charge in [-0.2, -0.15) is 0 Å². The van der Waals surface area contributed by atoms with E-state index < -0.39 is 0 Å². The highest BCUT2D eigenvalue weighted by atomic mass is 32.1. The maximum absolute atomic E-state index is 12.8. The van der Waals surface area contributed by atoms with E-state index in [1.807, 2.05) is 0 Å². The fourth-order valence-corrected chi connectivity index (χ4v) is 1.92. The lowest BCUT2D eigenvalue weighted by molar-refractivity contribution is 0.373. The number of nitrogens with one attached hydrogen (secondary N) is 2. The molecule has 0 fully saturated rings. The molecule has 0 aromatic heterocycles. The van der Waals surface area contributed by atoms with Gasteiger partial charge in [-0.25, -0.2) is 4.39 Å². The van der Waals surface area contributed by atoms with E-state index in [1.165, 1.54) is 25.3 Å². The third-order valence-corrected chi connectivity index (χ3v) is 3.05. The first-order valence-electron chi connectivity index (χ1n) is 6.25. The minimum Gasteiger partial charge on any atom is -0.504 e. The maximum Gasteiger partial charge on any atom is 0.171 e. The number of benzene rings is 2. The van der Waals surface area contributed by atoms with Crippen molar-refractivity contribution in [3.8, 4) is 11.5 Å². The van der Waals surface area contributed by atoms with E-state index >= 15 is 0 Å². The number of rotatable bonds is 4. The van der Waals surface area contributed by atoms with Crippen molar-refractivity contribution in [3.63, 3.8) is 0 Å². The number of thiocarbonyl (C=S) groups is 1. The molecule has 0 amide bonds. The van der Waals surface area contributed by atoms with E-state index in [-0.39, 0.29) is 11.6 Å². The first kappa shape index (κ1) is 15.1. The number of hydrogen-bond donors (Lipinski definition) is 3. The van der Waals surface area contributed by atoms with Crippen molar-refractivity contribution in [3.05, 3.63) is 53.8 Å². The summed E-state index contributed by atoms with van der Waals surface area (Å²) in [5.74, 6) is 0.155. The van der Waals surface area contributed by atoms with E-state index in [2.05, 4.69) is 10.6 Å². The van der Waals surface area contributed by atoms with Gasteiger partial charge in [0.05, 0.1) is 7.11 Å². The largest absolute Gasteiger partial charge is 0.504 e. The second-order valence-electron chi connectivity index (χ2n) is 4.32. The van der Waals surface area contributed by atoms with Gasteiger partial charge in [-0.05, 0) is 42.0 Å². The molecule has 3 N–H and O–H groups in total. The number of aromatic hydroxyl groups is 1. The molecule has 0 saturated carbocycles. The summed E-state index contributed by atoms with van der Waals surface area (Å²) in [6, 6.07) is 11.1.